The van der Waals surface area contributed by atoms with Gasteiger partial charge in [-0.2, -0.15) is 0 Å². The predicted molar refractivity (Wildman–Crippen MR) is 138 cm³/mol. The average molecular weight is 491 g/mol. The third-order valence-electron chi connectivity index (χ3n) is 5.92. The zero-order valence-electron chi connectivity index (χ0n) is 18.3. The second-order valence-corrected chi connectivity index (χ2v) is 9.92. The number of hydrogen-bond acceptors (Lipinski definition) is 4. The van der Waals surface area contributed by atoms with Gasteiger partial charge in [0.1, 0.15) is 0 Å². The van der Waals surface area contributed by atoms with Crippen LogP contribution in [0.15, 0.2) is 72.8 Å². The maximum atomic E-state index is 13.5. The Morgan fingerprint density at radius 2 is 1.71 bits per heavy atom. The summed E-state index contributed by atoms with van der Waals surface area (Å²) in [5.41, 5.74) is 2.91. The molecule has 6 nitrogen and oxygen atoms in total. The number of aromatic nitrogens is 1. The number of rotatable bonds is 4. The number of fused-ring (bicyclic) bond motifs is 1. The molecule has 2 aromatic carbocycles. The van der Waals surface area contributed by atoms with Crippen molar-refractivity contribution in [1.29, 1.82) is 0 Å². The van der Waals surface area contributed by atoms with Crippen LogP contribution in [0.25, 0.3) is 21.5 Å². The van der Waals surface area contributed by atoms with E-state index in [1.165, 1.54) is 11.3 Å². The first-order valence-electron chi connectivity index (χ1n) is 11.1. The third kappa shape index (κ3) is 4.90. The molecule has 34 heavy (non-hydrogen) atoms. The molecule has 1 aliphatic heterocycles. The highest BCUT2D eigenvalue weighted by atomic mass is 35.5. The summed E-state index contributed by atoms with van der Waals surface area (Å²) in [4.78, 5) is 33.4. The second kappa shape index (κ2) is 9.83. The van der Waals surface area contributed by atoms with Crippen molar-refractivity contribution in [3.63, 3.8) is 0 Å². The number of halogens is 1. The lowest BCUT2D eigenvalue weighted by molar-refractivity contribution is 0.0711. The molecule has 0 radical (unpaired) electrons. The van der Waals surface area contributed by atoms with E-state index in [0.29, 0.717) is 35.8 Å². The fourth-order valence-corrected chi connectivity index (χ4v) is 5.21. The Bertz CT molecular complexity index is 1330. The Morgan fingerprint density at radius 3 is 2.44 bits per heavy atom. The second-order valence-electron chi connectivity index (χ2n) is 8.21. The Labute approximate surface area is 206 Å². The van der Waals surface area contributed by atoms with Gasteiger partial charge < -0.3 is 15.5 Å². The van der Waals surface area contributed by atoms with Gasteiger partial charge in [-0.25, -0.2) is 9.78 Å². The van der Waals surface area contributed by atoms with E-state index in [1.54, 1.807) is 0 Å². The van der Waals surface area contributed by atoms with Crippen LogP contribution in [0.3, 0.4) is 0 Å². The third-order valence-corrected chi connectivity index (χ3v) is 7.17. The zero-order chi connectivity index (χ0) is 23.5. The van der Waals surface area contributed by atoms with Crippen molar-refractivity contribution in [2.24, 2.45) is 0 Å². The van der Waals surface area contributed by atoms with E-state index in [0.717, 1.165) is 27.2 Å². The number of amides is 3. The largest absolute Gasteiger partial charge is 0.338 e. The van der Waals surface area contributed by atoms with Crippen LogP contribution in [0.5, 0.6) is 0 Å². The number of anilines is 1. The van der Waals surface area contributed by atoms with Gasteiger partial charge in [-0.05, 0) is 49.2 Å². The number of nitrogens with one attached hydrogen (secondary N) is 2. The lowest BCUT2D eigenvalue weighted by atomic mass is 10.0. The molecule has 2 N–H and O–H groups in total. The Hall–Kier alpha value is -3.42. The summed E-state index contributed by atoms with van der Waals surface area (Å²) in [5, 5.41) is 6.70. The minimum atomic E-state index is -0.227. The fourth-order valence-electron chi connectivity index (χ4n) is 4.20. The Kier molecular flexibility index (Phi) is 6.47. The highest BCUT2D eigenvalue weighted by Crippen LogP contribution is 2.33. The molecule has 5 rings (SSSR count). The zero-order valence-corrected chi connectivity index (χ0v) is 19.9. The van der Waals surface area contributed by atoms with Crippen LogP contribution in [0.1, 0.15) is 23.2 Å². The van der Waals surface area contributed by atoms with Gasteiger partial charge in [0.15, 0.2) is 0 Å². The standard InChI is InChI=1S/C26H23ClN4O2S/c27-24-11-10-23(34-24)22-16-20(19-8-4-5-9-21(19)30-22)25(32)31-14-12-18(13-15-31)29-26(33)28-17-6-2-1-3-7-17/h1-11,16,18H,12-15H2,(H2,28,29,33). The van der Waals surface area contributed by atoms with E-state index in [4.69, 9.17) is 16.6 Å². The molecule has 0 atom stereocenters. The van der Waals surface area contributed by atoms with Crippen molar-refractivity contribution in [3.8, 4) is 10.6 Å². The van der Waals surface area contributed by atoms with E-state index in [-0.39, 0.29) is 18.0 Å². The summed E-state index contributed by atoms with van der Waals surface area (Å²) in [6.07, 6.45) is 1.40. The monoisotopic (exact) mass is 490 g/mol. The number of urea groups is 1. The number of benzene rings is 2. The van der Waals surface area contributed by atoms with Crippen molar-refractivity contribution in [1.82, 2.24) is 15.2 Å². The number of pyridine rings is 1. The van der Waals surface area contributed by atoms with Crippen LogP contribution in [-0.2, 0) is 0 Å². The number of thiophene rings is 1. The summed E-state index contributed by atoms with van der Waals surface area (Å²) < 4.78 is 0.684. The number of likely N-dealkylation sites (tertiary alicyclic amines) is 1. The van der Waals surface area contributed by atoms with E-state index in [9.17, 15) is 9.59 Å². The minimum Gasteiger partial charge on any atom is -0.338 e. The first-order chi connectivity index (χ1) is 16.6. The summed E-state index contributed by atoms with van der Waals surface area (Å²) >= 11 is 7.57. The summed E-state index contributed by atoms with van der Waals surface area (Å²) in [7, 11) is 0. The van der Waals surface area contributed by atoms with E-state index in [2.05, 4.69) is 10.6 Å². The lowest BCUT2D eigenvalue weighted by Crippen LogP contribution is -2.47. The summed E-state index contributed by atoms with van der Waals surface area (Å²) in [6, 6.07) is 22.5. The SMILES string of the molecule is O=C(Nc1ccccc1)NC1CCN(C(=O)c2cc(-c3ccc(Cl)s3)nc3ccccc23)CC1. The van der Waals surface area contributed by atoms with Gasteiger partial charge in [-0.3, -0.25) is 4.79 Å². The molecule has 8 heteroatoms. The topological polar surface area (TPSA) is 74.3 Å². The van der Waals surface area contributed by atoms with Crippen LogP contribution in [0.4, 0.5) is 10.5 Å². The van der Waals surface area contributed by atoms with E-state index in [1.807, 2.05) is 77.7 Å². The van der Waals surface area contributed by atoms with Crippen molar-refractivity contribution in [3.05, 3.63) is 82.7 Å². The molecule has 0 unspecified atom stereocenters. The van der Waals surface area contributed by atoms with Crippen molar-refractivity contribution in [2.45, 2.75) is 18.9 Å². The van der Waals surface area contributed by atoms with Gasteiger partial charge >= 0.3 is 6.03 Å². The van der Waals surface area contributed by atoms with Crippen LogP contribution < -0.4 is 10.6 Å². The maximum Gasteiger partial charge on any atom is 0.319 e. The van der Waals surface area contributed by atoms with Crippen LogP contribution in [0, 0.1) is 0 Å². The lowest BCUT2D eigenvalue weighted by Gasteiger charge is -2.32. The quantitative estimate of drug-likeness (QED) is 0.366. The van der Waals surface area contributed by atoms with Crippen LogP contribution in [-0.4, -0.2) is 41.0 Å². The van der Waals surface area contributed by atoms with Crippen molar-refractivity contribution < 1.29 is 9.59 Å². The van der Waals surface area contributed by atoms with Gasteiger partial charge in [0.25, 0.3) is 5.91 Å². The smallest absolute Gasteiger partial charge is 0.319 e. The number of para-hydroxylation sites is 2. The van der Waals surface area contributed by atoms with E-state index >= 15 is 0 Å². The normalized spacial score (nSPS) is 14.2. The first-order valence-corrected chi connectivity index (χ1v) is 12.3. The average Bonchev–Trinajstić information content (AvgIpc) is 3.30. The molecular formula is C26H23ClN4O2S. The van der Waals surface area contributed by atoms with Gasteiger partial charge in [0, 0.05) is 30.2 Å². The summed E-state index contributed by atoms with van der Waals surface area (Å²) in [5.74, 6) is -0.0188. The first kappa shape index (κ1) is 22.4. The molecule has 0 saturated carbocycles. The number of nitrogens with zero attached hydrogens (tertiary/aromatic N) is 2. The minimum absolute atomic E-state index is 0.0188. The van der Waals surface area contributed by atoms with Crippen molar-refractivity contribution >= 4 is 51.5 Å². The van der Waals surface area contributed by atoms with Crippen LogP contribution in [0.2, 0.25) is 4.34 Å². The molecule has 1 fully saturated rings. The highest BCUT2D eigenvalue weighted by Gasteiger charge is 2.26. The van der Waals surface area contributed by atoms with Gasteiger partial charge in [-0.15, -0.1) is 11.3 Å². The van der Waals surface area contributed by atoms with Gasteiger partial charge in [-0.1, -0.05) is 48.0 Å². The molecule has 2 aromatic heterocycles. The number of piperidine rings is 1. The molecule has 1 saturated heterocycles. The molecule has 0 aliphatic carbocycles. The highest BCUT2D eigenvalue weighted by molar-refractivity contribution is 7.19. The Balaban J connectivity index is 1.29. The number of carbonyl (C=O) groups is 2. The number of carbonyl (C=O) groups excluding carboxylic acids is 2. The summed E-state index contributed by atoms with van der Waals surface area (Å²) in [6.45, 7) is 1.15. The molecule has 0 spiro atoms. The van der Waals surface area contributed by atoms with Crippen LogP contribution >= 0.6 is 22.9 Å². The Morgan fingerprint density at radius 1 is 0.971 bits per heavy atom. The van der Waals surface area contributed by atoms with Gasteiger partial charge in [0.05, 0.1) is 26.0 Å². The molecule has 4 aromatic rings. The molecular weight excluding hydrogens is 468 g/mol. The molecule has 0 bridgehead atoms. The van der Waals surface area contributed by atoms with Gasteiger partial charge in [0.2, 0.25) is 0 Å². The molecule has 3 amide bonds. The fraction of sp³-hybridized carbons (Fsp3) is 0.192. The van der Waals surface area contributed by atoms with Crippen molar-refractivity contribution in [2.75, 3.05) is 18.4 Å². The predicted octanol–water partition coefficient (Wildman–Crippen LogP) is 6.04. The molecule has 3 heterocycles. The maximum absolute atomic E-state index is 13.5. The molecule has 1 aliphatic rings. The number of hydrogen-bond donors (Lipinski definition) is 2. The molecule has 172 valence electrons. The van der Waals surface area contributed by atoms with E-state index < -0.39 is 0 Å².